The summed E-state index contributed by atoms with van der Waals surface area (Å²) >= 11 is 7.58. The number of carbonyl (C=O) groups is 1. The van der Waals surface area contributed by atoms with Crippen LogP contribution in [0.3, 0.4) is 0 Å². The van der Waals surface area contributed by atoms with Crippen molar-refractivity contribution in [1.82, 2.24) is 0 Å². The fourth-order valence-electron chi connectivity index (χ4n) is 1.25. The number of hydrogen-bond donors (Lipinski definition) is 0. The van der Waals surface area contributed by atoms with Crippen LogP contribution in [0.2, 0.25) is 5.02 Å². The molecule has 1 aromatic rings. The maximum Gasteiger partial charge on any atom is 0.237 e. The predicted octanol–water partition coefficient (Wildman–Crippen LogP) is 2.38. The Labute approximate surface area is 85.9 Å². The molecule has 2 nitrogen and oxygen atoms in total. The quantitative estimate of drug-likeness (QED) is 0.714. The number of rotatable bonds is 1. The van der Waals surface area contributed by atoms with E-state index in [0.717, 1.165) is 5.69 Å². The van der Waals surface area contributed by atoms with Gasteiger partial charge in [-0.3, -0.25) is 4.79 Å². The number of carbonyl (C=O) groups excluding carboxylic acids is 1. The molecule has 0 bridgehead atoms. The number of thioether (sulfide) groups is 1. The summed E-state index contributed by atoms with van der Waals surface area (Å²) in [4.78, 5) is 13.1. The maximum atomic E-state index is 11.4. The minimum absolute atomic E-state index is 0.137. The van der Waals surface area contributed by atoms with Crippen molar-refractivity contribution >= 4 is 35.0 Å². The molecule has 0 N–H and O–H groups in total. The average Bonchev–Trinajstić information content (AvgIpc) is 2.52. The number of halogens is 1. The minimum atomic E-state index is 0.137. The van der Waals surface area contributed by atoms with Crippen molar-refractivity contribution in [3.05, 3.63) is 29.3 Å². The second-order valence-corrected chi connectivity index (χ2v) is 4.11. The molecule has 68 valence electrons. The second kappa shape index (κ2) is 3.60. The van der Waals surface area contributed by atoms with E-state index in [4.69, 9.17) is 11.6 Å². The molecule has 4 heteroatoms. The van der Waals surface area contributed by atoms with Crippen molar-refractivity contribution in [1.29, 1.82) is 0 Å². The van der Waals surface area contributed by atoms with Gasteiger partial charge in [0.2, 0.25) is 5.91 Å². The lowest BCUT2D eigenvalue weighted by Crippen LogP contribution is -2.24. The molecule has 0 aliphatic carbocycles. The van der Waals surface area contributed by atoms with Crippen LogP contribution in [0.5, 0.6) is 0 Å². The zero-order valence-electron chi connectivity index (χ0n) is 6.87. The van der Waals surface area contributed by atoms with Gasteiger partial charge in [-0.05, 0) is 12.1 Å². The molecule has 13 heavy (non-hydrogen) atoms. The van der Waals surface area contributed by atoms with Crippen molar-refractivity contribution in [3.63, 3.8) is 0 Å². The SMILES string of the molecule is O=C1CSCN1c1ccccc1Cl. The maximum absolute atomic E-state index is 11.4. The first kappa shape index (κ1) is 8.91. The third kappa shape index (κ3) is 1.67. The first-order valence-electron chi connectivity index (χ1n) is 3.91. The van der Waals surface area contributed by atoms with Gasteiger partial charge in [0.05, 0.1) is 22.3 Å². The molecule has 1 fully saturated rings. The van der Waals surface area contributed by atoms with Crippen molar-refractivity contribution in [3.8, 4) is 0 Å². The van der Waals surface area contributed by atoms with Gasteiger partial charge >= 0.3 is 0 Å². The summed E-state index contributed by atoms with van der Waals surface area (Å²) in [5, 5.41) is 0.637. The summed E-state index contributed by atoms with van der Waals surface area (Å²) < 4.78 is 0. The molecule has 2 rings (SSSR count). The molecule has 1 amide bonds. The Morgan fingerprint density at radius 3 is 2.77 bits per heavy atom. The lowest BCUT2D eigenvalue weighted by molar-refractivity contribution is -0.115. The smallest absolute Gasteiger partial charge is 0.237 e. The number of benzene rings is 1. The van der Waals surface area contributed by atoms with Crippen LogP contribution in [0.1, 0.15) is 0 Å². The second-order valence-electron chi connectivity index (χ2n) is 2.75. The largest absolute Gasteiger partial charge is 0.300 e. The van der Waals surface area contributed by atoms with Crippen LogP contribution in [0.4, 0.5) is 5.69 Å². The Balaban J connectivity index is 2.34. The predicted molar refractivity (Wildman–Crippen MR) is 56.3 cm³/mol. The van der Waals surface area contributed by atoms with E-state index in [-0.39, 0.29) is 5.91 Å². The molecule has 1 heterocycles. The zero-order valence-corrected chi connectivity index (χ0v) is 8.44. The minimum Gasteiger partial charge on any atom is -0.300 e. The molecular weight excluding hydrogens is 206 g/mol. The van der Waals surface area contributed by atoms with Gasteiger partial charge in [0, 0.05) is 0 Å². The van der Waals surface area contributed by atoms with E-state index in [1.807, 2.05) is 18.2 Å². The number of para-hydroxylation sites is 1. The molecule has 1 aliphatic heterocycles. The first-order chi connectivity index (χ1) is 6.29. The molecule has 1 aromatic carbocycles. The number of anilines is 1. The Kier molecular flexibility index (Phi) is 2.47. The van der Waals surface area contributed by atoms with Crippen molar-refractivity contribution < 1.29 is 4.79 Å². The van der Waals surface area contributed by atoms with E-state index in [1.54, 1.807) is 22.7 Å². The summed E-state index contributed by atoms with van der Waals surface area (Å²) in [5.74, 6) is 1.41. The molecular formula is C9H8ClNOS. The van der Waals surface area contributed by atoms with Crippen molar-refractivity contribution in [2.24, 2.45) is 0 Å². The van der Waals surface area contributed by atoms with Crippen LogP contribution < -0.4 is 4.90 Å². The zero-order chi connectivity index (χ0) is 9.26. The van der Waals surface area contributed by atoms with Gasteiger partial charge in [0.1, 0.15) is 0 Å². The highest BCUT2D eigenvalue weighted by molar-refractivity contribution is 8.00. The Morgan fingerprint density at radius 2 is 2.15 bits per heavy atom. The van der Waals surface area contributed by atoms with E-state index < -0.39 is 0 Å². The molecule has 0 saturated carbocycles. The summed E-state index contributed by atoms with van der Waals surface area (Å²) in [6, 6.07) is 7.41. The molecule has 0 radical (unpaired) electrons. The summed E-state index contributed by atoms with van der Waals surface area (Å²) in [5.41, 5.74) is 0.819. The fourth-order valence-corrected chi connectivity index (χ4v) is 2.37. The Hall–Kier alpha value is -0.670. The number of hydrogen-bond acceptors (Lipinski definition) is 2. The lowest BCUT2D eigenvalue weighted by atomic mass is 10.3. The number of amides is 1. The summed E-state index contributed by atoms with van der Waals surface area (Å²) in [6.45, 7) is 0. The highest BCUT2D eigenvalue weighted by Crippen LogP contribution is 2.29. The van der Waals surface area contributed by atoms with Crippen LogP contribution in [0.15, 0.2) is 24.3 Å². The van der Waals surface area contributed by atoms with E-state index in [1.165, 1.54) is 0 Å². The van der Waals surface area contributed by atoms with Gasteiger partial charge in [-0.15, -0.1) is 11.8 Å². The van der Waals surface area contributed by atoms with Crippen molar-refractivity contribution in [2.45, 2.75) is 0 Å². The third-order valence-electron chi connectivity index (χ3n) is 1.89. The molecule has 0 unspecified atom stereocenters. The highest BCUT2D eigenvalue weighted by atomic mass is 35.5. The molecule has 1 aliphatic rings. The topological polar surface area (TPSA) is 20.3 Å². The molecule has 0 atom stereocenters. The molecule has 0 spiro atoms. The normalized spacial score (nSPS) is 16.7. The third-order valence-corrected chi connectivity index (χ3v) is 3.10. The standard InChI is InChI=1S/C9H8ClNOS/c10-7-3-1-2-4-8(7)11-6-13-5-9(11)12/h1-4H,5-6H2. The number of nitrogens with zero attached hydrogens (tertiary/aromatic N) is 1. The van der Waals surface area contributed by atoms with E-state index in [9.17, 15) is 4.79 Å². The van der Waals surface area contributed by atoms with E-state index >= 15 is 0 Å². The Morgan fingerprint density at radius 1 is 1.38 bits per heavy atom. The van der Waals surface area contributed by atoms with Gasteiger partial charge in [-0.1, -0.05) is 23.7 Å². The van der Waals surface area contributed by atoms with Gasteiger partial charge < -0.3 is 4.90 Å². The van der Waals surface area contributed by atoms with Gasteiger partial charge in [0.15, 0.2) is 0 Å². The Bertz CT molecular complexity index is 342. The summed E-state index contributed by atoms with van der Waals surface area (Å²) in [6.07, 6.45) is 0. The van der Waals surface area contributed by atoms with E-state index in [0.29, 0.717) is 16.7 Å². The monoisotopic (exact) mass is 213 g/mol. The first-order valence-corrected chi connectivity index (χ1v) is 5.45. The fraction of sp³-hybridized carbons (Fsp3) is 0.222. The van der Waals surface area contributed by atoms with Crippen LogP contribution in [-0.4, -0.2) is 17.5 Å². The van der Waals surface area contributed by atoms with Crippen LogP contribution in [-0.2, 0) is 4.79 Å². The van der Waals surface area contributed by atoms with E-state index in [2.05, 4.69) is 0 Å². The average molecular weight is 214 g/mol. The van der Waals surface area contributed by atoms with Gasteiger partial charge in [-0.2, -0.15) is 0 Å². The highest BCUT2D eigenvalue weighted by Gasteiger charge is 2.23. The van der Waals surface area contributed by atoms with Crippen LogP contribution in [0.25, 0.3) is 0 Å². The van der Waals surface area contributed by atoms with Gasteiger partial charge in [-0.25, -0.2) is 0 Å². The van der Waals surface area contributed by atoms with Gasteiger partial charge in [0.25, 0.3) is 0 Å². The lowest BCUT2D eigenvalue weighted by Gasteiger charge is -2.15. The van der Waals surface area contributed by atoms with Crippen LogP contribution >= 0.6 is 23.4 Å². The van der Waals surface area contributed by atoms with Crippen molar-refractivity contribution in [2.75, 3.05) is 16.5 Å². The molecule has 1 saturated heterocycles. The molecule has 0 aromatic heterocycles. The summed E-state index contributed by atoms with van der Waals surface area (Å²) in [7, 11) is 0. The van der Waals surface area contributed by atoms with Crippen LogP contribution in [0, 0.1) is 0 Å².